The summed E-state index contributed by atoms with van der Waals surface area (Å²) < 4.78 is 0. The van der Waals surface area contributed by atoms with Crippen LogP contribution < -0.4 is 5.32 Å². The summed E-state index contributed by atoms with van der Waals surface area (Å²) in [5, 5.41) is 11.6. The molecule has 0 saturated carbocycles. The summed E-state index contributed by atoms with van der Waals surface area (Å²) in [6.45, 7) is 3.60. The molecule has 106 valence electrons. The van der Waals surface area contributed by atoms with Gasteiger partial charge >= 0.3 is 0 Å². The molecule has 0 radical (unpaired) electrons. The predicted molar refractivity (Wildman–Crippen MR) is 82.1 cm³/mol. The van der Waals surface area contributed by atoms with Gasteiger partial charge < -0.3 is 10.4 Å². The highest BCUT2D eigenvalue weighted by atomic mass is 16.2. The van der Waals surface area contributed by atoms with Crippen LogP contribution in [0.25, 0.3) is 0 Å². The number of nitrogens with one attached hydrogen (secondary N) is 1. The van der Waals surface area contributed by atoms with E-state index in [9.17, 15) is 4.79 Å². The number of carbonyl (C=O) groups excluding carboxylic acids is 1. The highest BCUT2D eigenvalue weighted by Crippen LogP contribution is 2.15. The van der Waals surface area contributed by atoms with Gasteiger partial charge in [-0.1, -0.05) is 11.8 Å². The van der Waals surface area contributed by atoms with Crippen molar-refractivity contribution in [3.63, 3.8) is 0 Å². The molecule has 0 unspecified atom stereocenters. The summed E-state index contributed by atoms with van der Waals surface area (Å²) in [5.41, 5.74) is 3.93. The second-order valence-electron chi connectivity index (χ2n) is 4.63. The molecular formula is C17H16N2O2. The lowest BCUT2D eigenvalue weighted by molar-refractivity contribution is 0.102. The van der Waals surface area contributed by atoms with Crippen molar-refractivity contribution in [2.75, 3.05) is 11.9 Å². The highest BCUT2D eigenvalue weighted by Gasteiger charge is 2.08. The van der Waals surface area contributed by atoms with Crippen molar-refractivity contribution >= 4 is 11.6 Å². The molecule has 0 spiro atoms. The Hall–Kier alpha value is -2.64. The molecule has 2 N–H and O–H groups in total. The van der Waals surface area contributed by atoms with Gasteiger partial charge in [-0.3, -0.25) is 9.78 Å². The predicted octanol–water partition coefficient (Wildman–Crippen LogP) is 2.29. The smallest absolute Gasteiger partial charge is 0.255 e. The number of aryl methyl sites for hydroxylation is 2. The number of aliphatic hydroxyl groups excluding tert-OH is 1. The minimum atomic E-state index is -0.178. The number of carbonyl (C=O) groups is 1. The number of benzene rings is 1. The third kappa shape index (κ3) is 3.68. The first-order chi connectivity index (χ1) is 10.1. The summed E-state index contributed by atoms with van der Waals surface area (Å²) in [5.74, 6) is 5.27. The first kappa shape index (κ1) is 14.8. The maximum Gasteiger partial charge on any atom is 0.255 e. The summed E-state index contributed by atoms with van der Waals surface area (Å²) in [6.07, 6.45) is 3.34. The van der Waals surface area contributed by atoms with Crippen molar-refractivity contribution in [2.24, 2.45) is 0 Å². The van der Waals surface area contributed by atoms with Gasteiger partial charge in [0.25, 0.3) is 5.91 Å². The van der Waals surface area contributed by atoms with Crippen molar-refractivity contribution < 1.29 is 9.90 Å². The Labute approximate surface area is 123 Å². The molecule has 2 aromatic rings. The van der Waals surface area contributed by atoms with E-state index in [1.165, 1.54) is 0 Å². The number of nitrogens with zero attached hydrogens (tertiary/aromatic N) is 1. The van der Waals surface area contributed by atoms with Crippen molar-refractivity contribution in [1.82, 2.24) is 4.98 Å². The zero-order valence-electron chi connectivity index (χ0n) is 12.0. The largest absolute Gasteiger partial charge is 0.384 e. The molecule has 1 heterocycles. The molecule has 0 aliphatic rings. The Morgan fingerprint density at radius 1 is 1.29 bits per heavy atom. The van der Waals surface area contributed by atoms with E-state index in [1.807, 2.05) is 13.8 Å². The maximum absolute atomic E-state index is 12.2. The molecule has 1 amide bonds. The zero-order valence-corrected chi connectivity index (χ0v) is 12.0. The lowest BCUT2D eigenvalue weighted by Crippen LogP contribution is -2.13. The zero-order chi connectivity index (χ0) is 15.2. The van der Waals surface area contributed by atoms with Gasteiger partial charge in [-0.25, -0.2) is 0 Å². The van der Waals surface area contributed by atoms with E-state index in [0.29, 0.717) is 5.56 Å². The van der Waals surface area contributed by atoms with Gasteiger partial charge in [-0.2, -0.15) is 0 Å². The summed E-state index contributed by atoms with van der Waals surface area (Å²) in [6, 6.07) is 7.06. The molecule has 0 saturated heterocycles. The average molecular weight is 280 g/mol. The first-order valence-corrected chi connectivity index (χ1v) is 6.54. The molecular weight excluding hydrogens is 264 g/mol. The van der Waals surface area contributed by atoms with Crippen LogP contribution >= 0.6 is 0 Å². The second kappa shape index (κ2) is 6.69. The Kier molecular flexibility index (Phi) is 4.70. The Morgan fingerprint density at radius 3 is 2.76 bits per heavy atom. The van der Waals surface area contributed by atoms with Crippen LogP contribution in [-0.4, -0.2) is 22.6 Å². The van der Waals surface area contributed by atoms with E-state index in [1.54, 1.807) is 36.7 Å². The van der Waals surface area contributed by atoms with Crippen LogP contribution in [0.1, 0.15) is 27.0 Å². The van der Waals surface area contributed by atoms with Crippen molar-refractivity contribution in [2.45, 2.75) is 13.8 Å². The number of rotatable bonds is 2. The number of amides is 1. The monoisotopic (exact) mass is 280 g/mol. The van der Waals surface area contributed by atoms with Gasteiger partial charge in [0.2, 0.25) is 0 Å². The topological polar surface area (TPSA) is 62.2 Å². The summed E-state index contributed by atoms with van der Waals surface area (Å²) in [7, 11) is 0. The Bertz CT molecular complexity index is 727. The molecule has 0 atom stereocenters. The van der Waals surface area contributed by atoms with Gasteiger partial charge in [-0.15, -0.1) is 0 Å². The summed E-state index contributed by atoms with van der Waals surface area (Å²) >= 11 is 0. The Balaban J connectivity index is 2.21. The number of anilines is 1. The molecule has 0 aliphatic heterocycles. The lowest BCUT2D eigenvalue weighted by Gasteiger charge is -2.08. The number of hydrogen-bond acceptors (Lipinski definition) is 3. The van der Waals surface area contributed by atoms with Crippen molar-refractivity contribution in [3.05, 3.63) is 58.9 Å². The van der Waals surface area contributed by atoms with Gasteiger partial charge in [0.15, 0.2) is 0 Å². The van der Waals surface area contributed by atoms with E-state index < -0.39 is 0 Å². The third-order valence-electron chi connectivity index (χ3n) is 3.06. The molecule has 0 fully saturated rings. The van der Waals surface area contributed by atoms with Crippen LogP contribution in [0.2, 0.25) is 0 Å². The van der Waals surface area contributed by atoms with Crippen LogP contribution in [-0.2, 0) is 0 Å². The van der Waals surface area contributed by atoms with E-state index in [0.717, 1.165) is 22.4 Å². The Morgan fingerprint density at radius 2 is 2.10 bits per heavy atom. The fourth-order valence-electron chi connectivity index (χ4n) is 1.89. The second-order valence-corrected chi connectivity index (χ2v) is 4.63. The molecule has 2 rings (SSSR count). The van der Waals surface area contributed by atoms with E-state index in [-0.39, 0.29) is 12.5 Å². The van der Waals surface area contributed by atoms with Crippen LogP contribution in [0, 0.1) is 25.7 Å². The summed E-state index contributed by atoms with van der Waals surface area (Å²) in [4.78, 5) is 16.2. The molecule has 0 bridgehead atoms. The van der Waals surface area contributed by atoms with Gasteiger partial charge in [0.1, 0.15) is 6.61 Å². The lowest BCUT2D eigenvalue weighted by atomic mass is 10.0. The SMILES string of the molecule is Cc1cc(C(=O)Nc2ccncc2C)ccc1C#CCO. The molecule has 21 heavy (non-hydrogen) atoms. The molecule has 4 nitrogen and oxygen atoms in total. The van der Waals surface area contributed by atoms with E-state index >= 15 is 0 Å². The average Bonchev–Trinajstić information content (AvgIpc) is 2.48. The van der Waals surface area contributed by atoms with Gasteiger partial charge in [0.05, 0.1) is 0 Å². The van der Waals surface area contributed by atoms with Crippen molar-refractivity contribution in [1.29, 1.82) is 0 Å². The quantitative estimate of drug-likeness (QED) is 0.830. The minimum absolute atomic E-state index is 0.172. The first-order valence-electron chi connectivity index (χ1n) is 6.54. The van der Waals surface area contributed by atoms with Crippen LogP contribution in [0.4, 0.5) is 5.69 Å². The molecule has 1 aromatic heterocycles. The standard InChI is InChI=1S/C17H16N2O2/c1-12-10-15(6-5-14(12)4-3-9-20)17(21)19-16-7-8-18-11-13(16)2/h5-8,10-11,20H,9H2,1-2H3,(H,18,19,21). The minimum Gasteiger partial charge on any atom is -0.384 e. The number of hydrogen-bond donors (Lipinski definition) is 2. The van der Waals surface area contributed by atoms with Gasteiger partial charge in [0, 0.05) is 29.2 Å². The fraction of sp³-hybridized carbons (Fsp3) is 0.176. The van der Waals surface area contributed by atoms with Crippen LogP contribution in [0.3, 0.4) is 0 Å². The highest BCUT2D eigenvalue weighted by molar-refractivity contribution is 6.04. The molecule has 4 heteroatoms. The molecule has 0 aliphatic carbocycles. The number of aromatic nitrogens is 1. The van der Waals surface area contributed by atoms with E-state index in [4.69, 9.17) is 5.11 Å². The normalized spacial score (nSPS) is 9.67. The van der Waals surface area contributed by atoms with Crippen molar-refractivity contribution in [3.8, 4) is 11.8 Å². The van der Waals surface area contributed by atoms with E-state index in [2.05, 4.69) is 22.1 Å². The van der Waals surface area contributed by atoms with Gasteiger partial charge in [-0.05, 0) is 49.2 Å². The third-order valence-corrected chi connectivity index (χ3v) is 3.06. The number of pyridine rings is 1. The fourth-order valence-corrected chi connectivity index (χ4v) is 1.89. The maximum atomic E-state index is 12.2. The van der Waals surface area contributed by atoms with Crippen LogP contribution in [0.5, 0.6) is 0 Å². The molecule has 1 aromatic carbocycles. The number of aliphatic hydroxyl groups is 1. The van der Waals surface area contributed by atoms with Crippen LogP contribution in [0.15, 0.2) is 36.7 Å².